The average molecular weight is 279 g/mol. The Kier molecular flexibility index (Phi) is 5.59. The summed E-state index contributed by atoms with van der Waals surface area (Å²) in [6.45, 7) is 4.48. The number of carboxylic acids is 1. The lowest BCUT2D eigenvalue weighted by molar-refractivity contribution is 0.0660. The lowest BCUT2D eigenvalue weighted by Crippen LogP contribution is -2.41. The Morgan fingerprint density at radius 1 is 1.55 bits per heavy atom. The SMILES string of the molecule is CCN(CC(C)C#N)C(=O)NCc1ccc(C(=O)O)o1. The van der Waals surface area contributed by atoms with Crippen molar-refractivity contribution in [2.45, 2.75) is 20.4 Å². The van der Waals surface area contributed by atoms with Crippen LogP contribution in [0.15, 0.2) is 16.5 Å². The number of furan rings is 1. The van der Waals surface area contributed by atoms with Crippen molar-refractivity contribution in [1.29, 1.82) is 5.26 Å². The number of hydrogen-bond acceptors (Lipinski definition) is 4. The predicted octanol–water partition coefficient (Wildman–Crippen LogP) is 1.67. The summed E-state index contributed by atoms with van der Waals surface area (Å²) in [6.07, 6.45) is 0. The van der Waals surface area contributed by atoms with E-state index < -0.39 is 5.97 Å². The molecule has 0 saturated carbocycles. The number of urea groups is 1. The van der Waals surface area contributed by atoms with Gasteiger partial charge in [-0.15, -0.1) is 0 Å². The first kappa shape index (κ1) is 15.6. The van der Waals surface area contributed by atoms with Gasteiger partial charge in [-0.05, 0) is 26.0 Å². The van der Waals surface area contributed by atoms with E-state index in [4.69, 9.17) is 14.8 Å². The third kappa shape index (κ3) is 4.31. The first-order valence-corrected chi connectivity index (χ1v) is 6.22. The fourth-order valence-corrected chi connectivity index (χ4v) is 1.59. The van der Waals surface area contributed by atoms with E-state index in [0.717, 1.165) is 0 Å². The van der Waals surface area contributed by atoms with Crippen molar-refractivity contribution in [1.82, 2.24) is 10.2 Å². The number of carbonyl (C=O) groups excluding carboxylic acids is 1. The molecule has 20 heavy (non-hydrogen) atoms. The van der Waals surface area contributed by atoms with Crippen molar-refractivity contribution < 1.29 is 19.1 Å². The molecule has 1 heterocycles. The summed E-state index contributed by atoms with van der Waals surface area (Å²) in [4.78, 5) is 24.0. The number of carbonyl (C=O) groups is 2. The number of aromatic carboxylic acids is 1. The van der Waals surface area contributed by atoms with Crippen LogP contribution in [0, 0.1) is 17.2 Å². The molecule has 0 saturated heterocycles. The van der Waals surface area contributed by atoms with Gasteiger partial charge in [0.05, 0.1) is 18.5 Å². The summed E-state index contributed by atoms with van der Waals surface area (Å²) in [5, 5.41) is 20.1. The van der Waals surface area contributed by atoms with Gasteiger partial charge in [-0.25, -0.2) is 9.59 Å². The van der Waals surface area contributed by atoms with Crippen LogP contribution in [0.4, 0.5) is 4.79 Å². The molecule has 0 fully saturated rings. The van der Waals surface area contributed by atoms with Crippen molar-refractivity contribution in [2.24, 2.45) is 5.92 Å². The largest absolute Gasteiger partial charge is 0.475 e. The Labute approximate surface area is 116 Å². The maximum atomic E-state index is 11.9. The zero-order chi connectivity index (χ0) is 15.1. The molecular weight excluding hydrogens is 262 g/mol. The van der Waals surface area contributed by atoms with E-state index in [0.29, 0.717) is 18.8 Å². The monoisotopic (exact) mass is 279 g/mol. The highest BCUT2D eigenvalue weighted by Gasteiger charge is 2.15. The van der Waals surface area contributed by atoms with Crippen molar-refractivity contribution in [3.05, 3.63) is 23.7 Å². The van der Waals surface area contributed by atoms with Crippen LogP contribution in [0.25, 0.3) is 0 Å². The van der Waals surface area contributed by atoms with Crippen molar-refractivity contribution in [2.75, 3.05) is 13.1 Å². The molecule has 1 atom stereocenters. The lowest BCUT2D eigenvalue weighted by Gasteiger charge is -2.22. The standard InChI is InChI=1S/C13H17N3O4/c1-3-16(8-9(2)6-14)13(19)15-7-10-4-5-11(20-10)12(17)18/h4-5,9H,3,7-8H2,1-2H3,(H,15,19)(H,17,18). The highest BCUT2D eigenvalue weighted by atomic mass is 16.4. The van der Waals surface area contributed by atoms with E-state index in [9.17, 15) is 9.59 Å². The number of nitriles is 1. The predicted molar refractivity (Wildman–Crippen MR) is 69.9 cm³/mol. The van der Waals surface area contributed by atoms with Crippen LogP contribution in [0.2, 0.25) is 0 Å². The van der Waals surface area contributed by atoms with E-state index in [1.807, 2.05) is 6.92 Å². The van der Waals surface area contributed by atoms with Gasteiger partial charge in [0, 0.05) is 13.1 Å². The summed E-state index contributed by atoms with van der Waals surface area (Å²) < 4.78 is 5.03. The average Bonchev–Trinajstić information content (AvgIpc) is 2.90. The molecule has 0 aliphatic rings. The first-order valence-electron chi connectivity index (χ1n) is 6.22. The molecule has 1 aromatic heterocycles. The normalized spacial score (nSPS) is 11.4. The van der Waals surface area contributed by atoms with Crippen LogP contribution in [-0.4, -0.2) is 35.1 Å². The van der Waals surface area contributed by atoms with Gasteiger partial charge in [-0.2, -0.15) is 5.26 Å². The summed E-state index contributed by atoms with van der Waals surface area (Å²) in [5.41, 5.74) is 0. The first-order chi connectivity index (χ1) is 9.47. The van der Waals surface area contributed by atoms with Crippen LogP contribution in [0.1, 0.15) is 30.2 Å². The molecule has 0 radical (unpaired) electrons. The topological polar surface area (TPSA) is 107 Å². The Morgan fingerprint density at radius 3 is 2.75 bits per heavy atom. The summed E-state index contributed by atoms with van der Waals surface area (Å²) in [6, 6.07) is 4.58. The third-order valence-corrected chi connectivity index (χ3v) is 2.67. The number of nitrogens with one attached hydrogen (secondary N) is 1. The Morgan fingerprint density at radius 2 is 2.25 bits per heavy atom. The van der Waals surface area contributed by atoms with Gasteiger partial charge in [-0.1, -0.05) is 0 Å². The van der Waals surface area contributed by atoms with Crippen molar-refractivity contribution in [3.8, 4) is 6.07 Å². The Balaban J connectivity index is 2.52. The van der Waals surface area contributed by atoms with E-state index in [-0.39, 0.29) is 24.3 Å². The van der Waals surface area contributed by atoms with Crippen molar-refractivity contribution in [3.63, 3.8) is 0 Å². The van der Waals surface area contributed by atoms with Crippen LogP contribution < -0.4 is 5.32 Å². The Bertz CT molecular complexity index is 518. The molecule has 0 spiro atoms. The highest BCUT2D eigenvalue weighted by Crippen LogP contribution is 2.08. The molecule has 1 unspecified atom stereocenters. The molecule has 0 aromatic carbocycles. The number of carboxylic acid groups (broad SMARTS) is 1. The molecule has 108 valence electrons. The molecule has 0 bridgehead atoms. The molecular formula is C13H17N3O4. The number of rotatable bonds is 6. The minimum Gasteiger partial charge on any atom is -0.475 e. The van der Waals surface area contributed by atoms with E-state index >= 15 is 0 Å². The van der Waals surface area contributed by atoms with Gasteiger partial charge in [0.25, 0.3) is 0 Å². The summed E-state index contributed by atoms with van der Waals surface area (Å²) >= 11 is 0. The van der Waals surface area contributed by atoms with Crippen LogP contribution in [-0.2, 0) is 6.54 Å². The molecule has 7 nitrogen and oxygen atoms in total. The van der Waals surface area contributed by atoms with Gasteiger partial charge in [-0.3, -0.25) is 0 Å². The fraction of sp³-hybridized carbons (Fsp3) is 0.462. The molecule has 0 aliphatic heterocycles. The summed E-state index contributed by atoms with van der Waals surface area (Å²) in [7, 11) is 0. The second-order valence-corrected chi connectivity index (χ2v) is 4.30. The van der Waals surface area contributed by atoms with Gasteiger partial charge in [0.1, 0.15) is 5.76 Å². The summed E-state index contributed by atoms with van der Waals surface area (Å²) in [5.74, 6) is -1.21. The molecule has 7 heteroatoms. The Hall–Kier alpha value is -2.49. The van der Waals surface area contributed by atoms with Gasteiger partial charge in [0.15, 0.2) is 0 Å². The molecule has 1 aromatic rings. The second kappa shape index (κ2) is 7.19. The van der Waals surface area contributed by atoms with E-state index in [2.05, 4.69) is 11.4 Å². The highest BCUT2D eigenvalue weighted by molar-refractivity contribution is 5.84. The van der Waals surface area contributed by atoms with Gasteiger partial charge < -0.3 is 19.7 Å². The maximum absolute atomic E-state index is 11.9. The fourth-order valence-electron chi connectivity index (χ4n) is 1.59. The molecule has 1 rings (SSSR count). The quantitative estimate of drug-likeness (QED) is 0.823. The second-order valence-electron chi connectivity index (χ2n) is 4.30. The molecule has 0 aliphatic carbocycles. The van der Waals surface area contributed by atoms with Gasteiger partial charge >= 0.3 is 12.0 Å². The van der Waals surface area contributed by atoms with Crippen LogP contribution >= 0.6 is 0 Å². The molecule has 2 N–H and O–H groups in total. The van der Waals surface area contributed by atoms with Crippen LogP contribution in [0.3, 0.4) is 0 Å². The maximum Gasteiger partial charge on any atom is 0.371 e. The lowest BCUT2D eigenvalue weighted by atomic mass is 10.2. The zero-order valence-electron chi connectivity index (χ0n) is 11.4. The van der Waals surface area contributed by atoms with E-state index in [1.54, 1.807) is 6.92 Å². The minimum absolute atomic E-state index is 0.101. The number of amides is 2. The zero-order valence-corrected chi connectivity index (χ0v) is 11.4. The smallest absolute Gasteiger partial charge is 0.371 e. The van der Waals surface area contributed by atoms with Crippen LogP contribution in [0.5, 0.6) is 0 Å². The molecule has 2 amide bonds. The number of nitrogens with zero attached hydrogens (tertiary/aromatic N) is 2. The van der Waals surface area contributed by atoms with E-state index in [1.165, 1.54) is 17.0 Å². The van der Waals surface area contributed by atoms with Gasteiger partial charge in [0.2, 0.25) is 5.76 Å². The number of hydrogen-bond donors (Lipinski definition) is 2. The minimum atomic E-state index is -1.15. The van der Waals surface area contributed by atoms with Crippen molar-refractivity contribution >= 4 is 12.0 Å². The third-order valence-electron chi connectivity index (χ3n) is 2.67.